The highest BCUT2D eigenvalue weighted by molar-refractivity contribution is 7.16. The molecular formula is C13H19ClOS. The van der Waals surface area contributed by atoms with Gasteiger partial charge in [-0.15, -0.1) is 11.3 Å². The van der Waals surface area contributed by atoms with Crippen LogP contribution in [0.5, 0.6) is 0 Å². The number of aliphatic hydroxyl groups is 1. The van der Waals surface area contributed by atoms with Crippen molar-refractivity contribution >= 4 is 22.9 Å². The van der Waals surface area contributed by atoms with Crippen molar-refractivity contribution in [2.45, 2.75) is 51.0 Å². The van der Waals surface area contributed by atoms with Crippen molar-refractivity contribution in [2.24, 2.45) is 5.92 Å². The molecule has 1 aromatic heterocycles. The van der Waals surface area contributed by atoms with Crippen molar-refractivity contribution in [1.29, 1.82) is 0 Å². The lowest BCUT2D eigenvalue weighted by atomic mass is 9.91. The van der Waals surface area contributed by atoms with E-state index < -0.39 is 5.60 Å². The number of hydrogen-bond donors (Lipinski definition) is 1. The predicted molar refractivity (Wildman–Crippen MR) is 70.1 cm³/mol. The molecule has 1 aromatic rings. The van der Waals surface area contributed by atoms with Crippen molar-refractivity contribution in [3.05, 3.63) is 21.3 Å². The molecule has 1 aliphatic carbocycles. The molecule has 0 bridgehead atoms. The molecule has 0 saturated heterocycles. The van der Waals surface area contributed by atoms with Crippen LogP contribution in [0.25, 0.3) is 0 Å². The van der Waals surface area contributed by atoms with Crippen molar-refractivity contribution < 1.29 is 5.11 Å². The highest BCUT2D eigenvalue weighted by Crippen LogP contribution is 2.42. The van der Waals surface area contributed by atoms with Gasteiger partial charge in [0.1, 0.15) is 0 Å². The normalized spacial score (nSPS) is 31.3. The average molecular weight is 259 g/mol. The summed E-state index contributed by atoms with van der Waals surface area (Å²) < 4.78 is 0.778. The van der Waals surface area contributed by atoms with Crippen LogP contribution >= 0.6 is 22.9 Å². The summed E-state index contributed by atoms with van der Waals surface area (Å²) in [6.45, 7) is 2.25. The topological polar surface area (TPSA) is 20.2 Å². The molecule has 1 heterocycles. The standard InChI is InChI=1S/C13H19ClOS/c1-2-10-4-3-8-13(15,9-7-10)11-5-6-12(14)16-11/h5-6,10,15H,2-4,7-9H2,1H3. The van der Waals surface area contributed by atoms with Gasteiger partial charge in [-0.05, 0) is 43.7 Å². The van der Waals surface area contributed by atoms with Crippen LogP contribution in [0.4, 0.5) is 0 Å². The Morgan fingerprint density at radius 2 is 2.25 bits per heavy atom. The van der Waals surface area contributed by atoms with Crippen molar-refractivity contribution in [1.82, 2.24) is 0 Å². The van der Waals surface area contributed by atoms with Gasteiger partial charge in [0.25, 0.3) is 0 Å². The zero-order chi connectivity index (χ0) is 11.6. The molecule has 0 aliphatic heterocycles. The molecule has 1 N–H and O–H groups in total. The van der Waals surface area contributed by atoms with E-state index in [-0.39, 0.29) is 0 Å². The molecule has 1 saturated carbocycles. The first-order valence-electron chi connectivity index (χ1n) is 6.12. The molecular weight excluding hydrogens is 240 g/mol. The fraction of sp³-hybridized carbons (Fsp3) is 0.692. The van der Waals surface area contributed by atoms with E-state index in [1.54, 1.807) is 0 Å². The molecule has 2 unspecified atom stereocenters. The van der Waals surface area contributed by atoms with Gasteiger partial charge in [0, 0.05) is 4.88 Å². The van der Waals surface area contributed by atoms with Crippen LogP contribution in [0, 0.1) is 5.92 Å². The van der Waals surface area contributed by atoms with E-state index >= 15 is 0 Å². The third kappa shape index (κ3) is 2.61. The van der Waals surface area contributed by atoms with Gasteiger partial charge in [0.15, 0.2) is 0 Å². The molecule has 0 amide bonds. The summed E-state index contributed by atoms with van der Waals surface area (Å²) in [5, 5.41) is 10.7. The van der Waals surface area contributed by atoms with Gasteiger partial charge < -0.3 is 5.11 Å². The Morgan fingerprint density at radius 1 is 1.44 bits per heavy atom. The molecule has 1 fully saturated rings. The van der Waals surface area contributed by atoms with E-state index in [2.05, 4.69) is 6.92 Å². The quantitative estimate of drug-likeness (QED) is 0.770. The largest absolute Gasteiger partial charge is 0.384 e. The first-order valence-corrected chi connectivity index (χ1v) is 7.31. The zero-order valence-corrected chi connectivity index (χ0v) is 11.3. The van der Waals surface area contributed by atoms with E-state index in [1.807, 2.05) is 12.1 Å². The highest BCUT2D eigenvalue weighted by atomic mass is 35.5. The van der Waals surface area contributed by atoms with E-state index in [0.717, 1.165) is 40.8 Å². The van der Waals surface area contributed by atoms with Crippen molar-refractivity contribution in [3.63, 3.8) is 0 Å². The average Bonchev–Trinajstić information content (AvgIpc) is 2.61. The Bertz CT molecular complexity index is 349. The first kappa shape index (κ1) is 12.4. The number of rotatable bonds is 2. The number of halogens is 1. The van der Waals surface area contributed by atoms with Gasteiger partial charge in [-0.3, -0.25) is 0 Å². The monoisotopic (exact) mass is 258 g/mol. The van der Waals surface area contributed by atoms with Crippen LogP contribution in [0.1, 0.15) is 50.3 Å². The maximum Gasteiger partial charge on any atom is 0.0988 e. The first-order chi connectivity index (χ1) is 7.64. The smallest absolute Gasteiger partial charge is 0.0988 e. The zero-order valence-electron chi connectivity index (χ0n) is 9.71. The van der Waals surface area contributed by atoms with Gasteiger partial charge in [0.05, 0.1) is 9.94 Å². The fourth-order valence-corrected chi connectivity index (χ4v) is 3.80. The summed E-state index contributed by atoms with van der Waals surface area (Å²) in [7, 11) is 0. The fourth-order valence-electron chi connectivity index (χ4n) is 2.61. The third-order valence-electron chi connectivity index (χ3n) is 3.78. The molecule has 0 radical (unpaired) electrons. The van der Waals surface area contributed by atoms with Crippen LogP contribution < -0.4 is 0 Å². The summed E-state index contributed by atoms with van der Waals surface area (Å²) in [6, 6.07) is 3.88. The summed E-state index contributed by atoms with van der Waals surface area (Å²) in [4.78, 5) is 1.05. The Labute approximate surface area is 106 Å². The molecule has 90 valence electrons. The second-order valence-electron chi connectivity index (χ2n) is 4.84. The van der Waals surface area contributed by atoms with Gasteiger partial charge in [-0.2, -0.15) is 0 Å². The van der Waals surface area contributed by atoms with Gasteiger partial charge in [-0.25, -0.2) is 0 Å². The predicted octanol–water partition coefficient (Wildman–Crippen LogP) is 4.58. The molecule has 0 aromatic carbocycles. The third-order valence-corrected chi connectivity index (χ3v) is 5.20. The summed E-state index contributed by atoms with van der Waals surface area (Å²) in [6.07, 6.45) is 6.55. The van der Waals surface area contributed by atoms with Gasteiger partial charge in [-0.1, -0.05) is 31.4 Å². The van der Waals surface area contributed by atoms with Crippen molar-refractivity contribution in [3.8, 4) is 0 Å². The molecule has 0 spiro atoms. The lowest BCUT2D eigenvalue weighted by Crippen LogP contribution is -2.23. The minimum atomic E-state index is -0.609. The summed E-state index contributed by atoms with van der Waals surface area (Å²) in [5.74, 6) is 0.796. The van der Waals surface area contributed by atoms with E-state index in [0.29, 0.717) is 0 Å². The summed E-state index contributed by atoms with van der Waals surface area (Å²) in [5.41, 5.74) is -0.609. The highest BCUT2D eigenvalue weighted by Gasteiger charge is 2.33. The Balaban J connectivity index is 2.13. The molecule has 1 aliphatic rings. The van der Waals surface area contributed by atoms with Gasteiger partial charge >= 0.3 is 0 Å². The summed E-state index contributed by atoms with van der Waals surface area (Å²) >= 11 is 7.47. The van der Waals surface area contributed by atoms with Crippen LogP contribution in [-0.4, -0.2) is 5.11 Å². The minimum absolute atomic E-state index is 0.609. The maximum absolute atomic E-state index is 10.7. The van der Waals surface area contributed by atoms with E-state index in [4.69, 9.17) is 11.6 Å². The van der Waals surface area contributed by atoms with Crippen molar-refractivity contribution in [2.75, 3.05) is 0 Å². The number of hydrogen-bond acceptors (Lipinski definition) is 2. The molecule has 2 atom stereocenters. The number of thiophene rings is 1. The minimum Gasteiger partial charge on any atom is -0.384 e. The molecule has 3 heteroatoms. The Morgan fingerprint density at radius 3 is 2.88 bits per heavy atom. The van der Waals surface area contributed by atoms with Gasteiger partial charge in [0.2, 0.25) is 0 Å². The van der Waals surface area contributed by atoms with E-state index in [9.17, 15) is 5.11 Å². The van der Waals surface area contributed by atoms with Crippen LogP contribution in [-0.2, 0) is 5.60 Å². The molecule has 2 rings (SSSR count). The SMILES string of the molecule is CCC1CCCC(O)(c2ccc(Cl)s2)CC1. The van der Waals surface area contributed by atoms with E-state index in [1.165, 1.54) is 24.2 Å². The Hall–Kier alpha value is -0.0500. The Kier molecular flexibility index (Phi) is 3.93. The van der Waals surface area contributed by atoms with Crippen LogP contribution in [0.15, 0.2) is 12.1 Å². The molecule has 16 heavy (non-hydrogen) atoms. The molecule has 1 nitrogen and oxygen atoms in total. The second-order valence-corrected chi connectivity index (χ2v) is 6.56. The van der Waals surface area contributed by atoms with Crippen LogP contribution in [0.2, 0.25) is 4.34 Å². The lowest BCUT2D eigenvalue weighted by molar-refractivity contribution is 0.0233. The maximum atomic E-state index is 10.7. The van der Waals surface area contributed by atoms with Crippen LogP contribution in [0.3, 0.4) is 0 Å². The second kappa shape index (κ2) is 5.07. The lowest BCUT2D eigenvalue weighted by Gasteiger charge is -2.25.